The third-order valence-corrected chi connectivity index (χ3v) is 4.37. The van der Waals surface area contributed by atoms with Gasteiger partial charge in [-0.25, -0.2) is 13.1 Å². The molecule has 0 saturated carbocycles. The predicted octanol–water partition coefficient (Wildman–Crippen LogP) is 0.381. The van der Waals surface area contributed by atoms with Gasteiger partial charge in [-0.15, -0.1) is 0 Å². The van der Waals surface area contributed by atoms with Crippen LogP contribution in [0.25, 0.3) is 0 Å². The molecule has 112 valence electrons. The number of carbonyl (C=O) groups excluding carboxylic acids is 1. The average Bonchev–Trinajstić information content (AvgIpc) is 2.45. The molecule has 1 aromatic carbocycles. The molecule has 1 atom stereocenters. The van der Waals surface area contributed by atoms with E-state index in [4.69, 9.17) is 0 Å². The number of sulfonamides is 1. The van der Waals surface area contributed by atoms with Crippen molar-refractivity contribution in [2.75, 3.05) is 20.6 Å². The largest absolute Gasteiger partial charge is 0.350 e. The Hall–Kier alpha value is -1.44. The van der Waals surface area contributed by atoms with E-state index >= 15 is 0 Å². The lowest BCUT2D eigenvalue weighted by molar-refractivity contribution is -0.121. The Labute approximate surface area is 120 Å². The first kappa shape index (κ1) is 16.6. The van der Waals surface area contributed by atoms with Gasteiger partial charge in [-0.05, 0) is 38.7 Å². The number of nitrogens with one attached hydrogen (secondary N) is 3. The summed E-state index contributed by atoms with van der Waals surface area (Å²) in [6, 6.07) is 6.29. The number of amides is 1. The van der Waals surface area contributed by atoms with Crippen LogP contribution in [0.2, 0.25) is 0 Å². The molecular weight excluding hydrogens is 278 g/mol. The van der Waals surface area contributed by atoms with E-state index in [-0.39, 0.29) is 16.8 Å². The van der Waals surface area contributed by atoms with Crippen molar-refractivity contribution in [1.29, 1.82) is 0 Å². The van der Waals surface area contributed by atoms with Gasteiger partial charge < -0.3 is 10.6 Å². The zero-order valence-corrected chi connectivity index (χ0v) is 12.8. The van der Waals surface area contributed by atoms with Gasteiger partial charge in [-0.2, -0.15) is 0 Å². The van der Waals surface area contributed by atoms with E-state index in [1.807, 2.05) is 6.92 Å². The number of hydrogen-bond acceptors (Lipinski definition) is 4. The van der Waals surface area contributed by atoms with Gasteiger partial charge in [0, 0.05) is 13.0 Å². The fourth-order valence-corrected chi connectivity index (χ4v) is 2.42. The SMILES string of the molecule is CNCCC(=O)NC(C)c1ccc(S(=O)(=O)NC)cc1. The fraction of sp³-hybridized carbons (Fsp3) is 0.462. The highest BCUT2D eigenvalue weighted by molar-refractivity contribution is 7.89. The molecule has 0 heterocycles. The molecule has 1 unspecified atom stereocenters. The van der Waals surface area contributed by atoms with Crippen LogP contribution in [0.4, 0.5) is 0 Å². The van der Waals surface area contributed by atoms with Crippen molar-refractivity contribution in [3.05, 3.63) is 29.8 Å². The van der Waals surface area contributed by atoms with Gasteiger partial charge >= 0.3 is 0 Å². The Bertz CT molecular complexity index is 540. The Morgan fingerprint density at radius 3 is 2.30 bits per heavy atom. The molecule has 1 amide bonds. The van der Waals surface area contributed by atoms with Crippen LogP contribution >= 0.6 is 0 Å². The third-order valence-electron chi connectivity index (χ3n) is 2.94. The summed E-state index contributed by atoms with van der Waals surface area (Å²) in [5, 5.41) is 5.77. The van der Waals surface area contributed by atoms with Crippen molar-refractivity contribution < 1.29 is 13.2 Å². The summed E-state index contributed by atoms with van der Waals surface area (Å²) in [6.45, 7) is 2.48. The van der Waals surface area contributed by atoms with E-state index in [1.165, 1.54) is 19.2 Å². The van der Waals surface area contributed by atoms with Gasteiger partial charge in [0.25, 0.3) is 0 Å². The summed E-state index contributed by atoms with van der Waals surface area (Å²) in [5.41, 5.74) is 0.859. The molecule has 0 aliphatic heterocycles. The molecular formula is C13H21N3O3S. The average molecular weight is 299 g/mol. The minimum Gasteiger partial charge on any atom is -0.350 e. The van der Waals surface area contributed by atoms with E-state index in [9.17, 15) is 13.2 Å². The van der Waals surface area contributed by atoms with Crippen LogP contribution in [-0.2, 0) is 14.8 Å². The lowest BCUT2D eigenvalue weighted by Crippen LogP contribution is -2.29. The van der Waals surface area contributed by atoms with Crippen molar-refractivity contribution in [3.63, 3.8) is 0 Å². The Balaban J connectivity index is 2.71. The second-order valence-electron chi connectivity index (χ2n) is 4.42. The van der Waals surface area contributed by atoms with Crippen LogP contribution in [-0.4, -0.2) is 35.0 Å². The maximum absolute atomic E-state index is 11.6. The molecule has 0 fully saturated rings. The standard InChI is InChI=1S/C13H21N3O3S/c1-10(16-13(17)8-9-14-2)11-4-6-12(7-5-11)20(18,19)15-3/h4-7,10,14-15H,8-9H2,1-3H3,(H,16,17). The Kier molecular flexibility index (Phi) is 6.12. The molecule has 0 aliphatic carbocycles. The van der Waals surface area contributed by atoms with Crippen LogP contribution < -0.4 is 15.4 Å². The molecule has 0 bridgehead atoms. The van der Waals surface area contributed by atoms with Crippen LogP contribution in [0.15, 0.2) is 29.2 Å². The molecule has 0 aromatic heterocycles. The summed E-state index contributed by atoms with van der Waals surface area (Å²) in [5.74, 6) is -0.0428. The van der Waals surface area contributed by atoms with Crippen molar-refractivity contribution >= 4 is 15.9 Å². The van der Waals surface area contributed by atoms with Crippen molar-refractivity contribution in [2.45, 2.75) is 24.3 Å². The number of hydrogen-bond donors (Lipinski definition) is 3. The molecule has 0 aliphatic rings. The maximum Gasteiger partial charge on any atom is 0.240 e. The molecule has 20 heavy (non-hydrogen) atoms. The zero-order valence-electron chi connectivity index (χ0n) is 11.9. The van der Waals surface area contributed by atoms with E-state index in [2.05, 4.69) is 15.4 Å². The predicted molar refractivity (Wildman–Crippen MR) is 77.8 cm³/mol. The monoisotopic (exact) mass is 299 g/mol. The van der Waals surface area contributed by atoms with Gasteiger partial charge in [0.1, 0.15) is 0 Å². The lowest BCUT2D eigenvalue weighted by atomic mass is 10.1. The van der Waals surface area contributed by atoms with Gasteiger partial charge in [-0.1, -0.05) is 12.1 Å². The second-order valence-corrected chi connectivity index (χ2v) is 6.31. The summed E-state index contributed by atoms with van der Waals surface area (Å²) in [6.07, 6.45) is 0.410. The van der Waals surface area contributed by atoms with Crippen LogP contribution in [0.1, 0.15) is 24.9 Å². The Morgan fingerprint density at radius 2 is 1.80 bits per heavy atom. The van der Waals surface area contributed by atoms with E-state index in [1.54, 1.807) is 19.2 Å². The number of benzene rings is 1. The first-order chi connectivity index (χ1) is 9.40. The highest BCUT2D eigenvalue weighted by atomic mass is 32.2. The van der Waals surface area contributed by atoms with E-state index < -0.39 is 10.0 Å². The van der Waals surface area contributed by atoms with Gasteiger partial charge in [-0.3, -0.25) is 4.79 Å². The van der Waals surface area contributed by atoms with Crippen LogP contribution in [0.5, 0.6) is 0 Å². The van der Waals surface area contributed by atoms with Crippen molar-refractivity contribution in [3.8, 4) is 0 Å². The number of rotatable bonds is 7. The smallest absolute Gasteiger partial charge is 0.240 e. The van der Waals surface area contributed by atoms with Crippen LogP contribution in [0.3, 0.4) is 0 Å². The minimum absolute atomic E-state index is 0.0428. The summed E-state index contributed by atoms with van der Waals surface area (Å²) in [4.78, 5) is 11.8. The Morgan fingerprint density at radius 1 is 1.20 bits per heavy atom. The highest BCUT2D eigenvalue weighted by Gasteiger charge is 2.13. The molecule has 1 rings (SSSR count). The molecule has 0 radical (unpaired) electrons. The molecule has 7 heteroatoms. The molecule has 3 N–H and O–H groups in total. The first-order valence-corrected chi connectivity index (χ1v) is 7.86. The summed E-state index contributed by atoms with van der Waals surface area (Å²) >= 11 is 0. The molecule has 0 saturated heterocycles. The van der Waals surface area contributed by atoms with Crippen molar-refractivity contribution in [2.24, 2.45) is 0 Å². The first-order valence-electron chi connectivity index (χ1n) is 6.38. The maximum atomic E-state index is 11.6. The third kappa shape index (κ3) is 4.59. The van der Waals surface area contributed by atoms with Gasteiger partial charge in [0.05, 0.1) is 10.9 Å². The lowest BCUT2D eigenvalue weighted by Gasteiger charge is -2.15. The normalized spacial score (nSPS) is 12.9. The van der Waals surface area contributed by atoms with E-state index in [0.29, 0.717) is 13.0 Å². The van der Waals surface area contributed by atoms with Gasteiger partial charge in [0.2, 0.25) is 15.9 Å². The van der Waals surface area contributed by atoms with Crippen molar-refractivity contribution in [1.82, 2.24) is 15.4 Å². The minimum atomic E-state index is -3.42. The van der Waals surface area contributed by atoms with Crippen LogP contribution in [0, 0.1) is 0 Å². The topological polar surface area (TPSA) is 87.3 Å². The van der Waals surface area contributed by atoms with Gasteiger partial charge in [0.15, 0.2) is 0 Å². The summed E-state index contributed by atoms with van der Waals surface area (Å²) < 4.78 is 25.4. The fourth-order valence-electron chi connectivity index (χ4n) is 1.69. The summed E-state index contributed by atoms with van der Waals surface area (Å²) in [7, 11) is -0.263. The molecule has 1 aromatic rings. The zero-order chi connectivity index (χ0) is 15.2. The molecule has 0 spiro atoms. The molecule has 6 nitrogen and oxygen atoms in total. The second kappa shape index (κ2) is 7.37. The quantitative estimate of drug-likeness (QED) is 0.679. The number of carbonyl (C=O) groups is 1. The highest BCUT2D eigenvalue weighted by Crippen LogP contribution is 2.16. The van der Waals surface area contributed by atoms with E-state index in [0.717, 1.165) is 5.56 Å².